The molecule has 0 heterocycles. The average molecular weight is 281 g/mol. The summed E-state index contributed by atoms with van der Waals surface area (Å²) in [4.78, 5) is 2.35. The van der Waals surface area contributed by atoms with Crippen molar-refractivity contribution in [3.63, 3.8) is 0 Å². The maximum Gasteiger partial charge on any atom is 0.0642 e. The largest absolute Gasteiger partial charge is 0.373 e. The second-order valence-electron chi connectivity index (χ2n) is 5.56. The molecule has 1 aromatic rings. The van der Waals surface area contributed by atoms with Crippen LogP contribution in [0.1, 0.15) is 38.2 Å². The van der Waals surface area contributed by atoms with E-state index in [0.29, 0.717) is 0 Å². The summed E-state index contributed by atoms with van der Waals surface area (Å²) in [5.74, 6) is 0.841. The predicted octanol–water partition coefficient (Wildman–Crippen LogP) is 4.08. The van der Waals surface area contributed by atoms with Gasteiger partial charge in [0.25, 0.3) is 0 Å². The van der Waals surface area contributed by atoms with Crippen LogP contribution in [-0.2, 0) is 6.54 Å². The second-order valence-corrected chi connectivity index (χ2v) is 5.97. The van der Waals surface area contributed by atoms with Gasteiger partial charge in [0, 0.05) is 20.1 Å². The van der Waals surface area contributed by atoms with Gasteiger partial charge in [-0.1, -0.05) is 43.5 Å². The Labute approximate surface area is 122 Å². The number of rotatable bonds is 6. The van der Waals surface area contributed by atoms with Crippen LogP contribution in [0, 0.1) is 5.92 Å². The van der Waals surface area contributed by atoms with E-state index in [0.717, 1.165) is 30.6 Å². The molecule has 1 fully saturated rings. The highest BCUT2D eigenvalue weighted by molar-refractivity contribution is 6.33. The van der Waals surface area contributed by atoms with Crippen molar-refractivity contribution in [1.29, 1.82) is 0 Å². The number of hydrogen-bond acceptors (Lipinski definition) is 2. The molecule has 0 spiro atoms. The van der Waals surface area contributed by atoms with Gasteiger partial charge in [0.15, 0.2) is 0 Å². The fourth-order valence-corrected chi connectivity index (χ4v) is 3.40. The minimum absolute atomic E-state index is 0.841. The van der Waals surface area contributed by atoms with Crippen LogP contribution in [0.5, 0.6) is 0 Å². The molecule has 0 aromatic heterocycles. The maximum atomic E-state index is 6.42. The van der Waals surface area contributed by atoms with E-state index in [1.807, 2.05) is 12.1 Å². The van der Waals surface area contributed by atoms with Crippen molar-refractivity contribution in [2.75, 3.05) is 25.0 Å². The van der Waals surface area contributed by atoms with Gasteiger partial charge in [-0.3, -0.25) is 0 Å². The molecule has 19 heavy (non-hydrogen) atoms. The number of para-hydroxylation sites is 1. The molecule has 0 radical (unpaired) electrons. The Hall–Kier alpha value is -0.730. The Balaban J connectivity index is 2.11. The minimum atomic E-state index is 0.841. The van der Waals surface area contributed by atoms with Gasteiger partial charge in [-0.15, -0.1) is 0 Å². The van der Waals surface area contributed by atoms with Crippen LogP contribution < -0.4 is 10.2 Å². The van der Waals surface area contributed by atoms with Crippen molar-refractivity contribution in [2.45, 2.75) is 39.2 Å². The molecule has 1 aliphatic rings. The van der Waals surface area contributed by atoms with Gasteiger partial charge < -0.3 is 10.2 Å². The van der Waals surface area contributed by atoms with E-state index in [-0.39, 0.29) is 0 Å². The lowest BCUT2D eigenvalue weighted by Crippen LogP contribution is -2.26. The number of anilines is 1. The van der Waals surface area contributed by atoms with Crippen LogP contribution >= 0.6 is 11.6 Å². The Kier molecular flexibility index (Phi) is 5.53. The third kappa shape index (κ3) is 3.87. The predicted molar refractivity (Wildman–Crippen MR) is 84.1 cm³/mol. The van der Waals surface area contributed by atoms with E-state index < -0.39 is 0 Å². The summed E-state index contributed by atoms with van der Waals surface area (Å²) >= 11 is 6.42. The molecule has 1 aromatic carbocycles. The summed E-state index contributed by atoms with van der Waals surface area (Å²) in [5.41, 5.74) is 2.51. The van der Waals surface area contributed by atoms with Gasteiger partial charge in [0.2, 0.25) is 0 Å². The van der Waals surface area contributed by atoms with Crippen molar-refractivity contribution >= 4 is 17.3 Å². The molecule has 1 saturated carbocycles. The summed E-state index contributed by atoms with van der Waals surface area (Å²) in [6.45, 7) is 5.13. The summed E-state index contributed by atoms with van der Waals surface area (Å²) in [6, 6.07) is 6.22. The molecular weight excluding hydrogens is 256 g/mol. The number of hydrogen-bond donors (Lipinski definition) is 1. The van der Waals surface area contributed by atoms with Crippen LogP contribution in [0.25, 0.3) is 0 Å². The molecule has 0 atom stereocenters. The van der Waals surface area contributed by atoms with Crippen molar-refractivity contribution in [2.24, 2.45) is 5.92 Å². The molecule has 2 rings (SSSR count). The summed E-state index contributed by atoms with van der Waals surface area (Å²) in [5, 5.41) is 4.27. The first-order valence-electron chi connectivity index (χ1n) is 7.41. The van der Waals surface area contributed by atoms with Crippen LogP contribution in [0.15, 0.2) is 18.2 Å². The maximum absolute atomic E-state index is 6.42. The fraction of sp³-hybridized carbons (Fsp3) is 0.625. The van der Waals surface area contributed by atoms with Crippen LogP contribution in [0.3, 0.4) is 0 Å². The number of nitrogens with one attached hydrogen (secondary N) is 1. The van der Waals surface area contributed by atoms with Crippen molar-refractivity contribution in [3.8, 4) is 0 Å². The van der Waals surface area contributed by atoms with Gasteiger partial charge in [-0.2, -0.15) is 0 Å². The molecular formula is C16H25ClN2. The number of benzene rings is 1. The summed E-state index contributed by atoms with van der Waals surface area (Å²) in [7, 11) is 2.18. The Morgan fingerprint density at radius 1 is 1.32 bits per heavy atom. The third-order valence-corrected chi connectivity index (χ3v) is 4.33. The van der Waals surface area contributed by atoms with Gasteiger partial charge in [0.05, 0.1) is 10.7 Å². The van der Waals surface area contributed by atoms with E-state index >= 15 is 0 Å². The van der Waals surface area contributed by atoms with Crippen molar-refractivity contribution in [1.82, 2.24) is 5.32 Å². The van der Waals surface area contributed by atoms with Gasteiger partial charge >= 0.3 is 0 Å². The summed E-state index contributed by atoms with van der Waals surface area (Å²) in [6.07, 6.45) is 5.53. The van der Waals surface area contributed by atoms with E-state index in [2.05, 4.69) is 30.3 Å². The molecule has 0 bridgehead atoms. The van der Waals surface area contributed by atoms with Gasteiger partial charge in [0.1, 0.15) is 0 Å². The SMILES string of the molecule is CCNCc1cccc(Cl)c1N(C)CC1CCCC1. The lowest BCUT2D eigenvalue weighted by atomic mass is 10.1. The average Bonchev–Trinajstić information content (AvgIpc) is 2.89. The molecule has 106 valence electrons. The molecule has 1 aliphatic carbocycles. The van der Waals surface area contributed by atoms with Gasteiger partial charge in [-0.25, -0.2) is 0 Å². The highest BCUT2D eigenvalue weighted by atomic mass is 35.5. The molecule has 0 aliphatic heterocycles. The lowest BCUT2D eigenvalue weighted by Gasteiger charge is -2.26. The Bertz CT molecular complexity index is 400. The van der Waals surface area contributed by atoms with Crippen molar-refractivity contribution in [3.05, 3.63) is 28.8 Å². The van der Waals surface area contributed by atoms with Crippen LogP contribution in [0.2, 0.25) is 5.02 Å². The smallest absolute Gasteiger partial charge is 0.0642 e. The van der Waals surface area contributed by atoms with Gasteiger partial charge in [-0.05, 0) is 36.9 Å². The zero-order valence-corrected chi connectivity index (χ0v) is 12.8. The Morgan fingerprint density at radius 2 is 2.05 bits per heavy atom. The van der Waals surface area contributed by atoms with E-state index in [4.69, 9.17) is 11.6 Å². The molecule has 0 saturated heterocycles. The fourth-order valence-electron chi connectivity index (χ4n) is 3.06. The molecule has 3 heteroatoms. The van der Waals surface area contributed by atoms with Crippen LogP contribution in [-0.4, -0.2) is 20.1 Å². The first-order chi connectivity index (χ1) is 9.22. The van der Waals surface area contributed by atoms with E-state index in [1.54, 1.807) is 0 Å². The first-order valence-corrected chi connectivity index (χ1v) is 7.79. The first kappa shape index (κ1) is 14.7. The Morgan fingerprint density at radius 3 is 2.74 bits per heavy atom. The second kappa shape index (κ2) is 7.16. The monoisotopic (exact) mass is 280 g/mol. The molecule has 0 unspecified atom stereocenters. The zero-order chi connectivity index (χ0) is 13.7. The normalized spacial score (nSPS) is 15.9. The third-order valence-electron chi connectivity index (χ3n) is 4.02. The quantitative estimate of drug-likeness (QED) is 0.845. The van der Waals surface area contributed by atoms with Crippen molar-refractivity contribution < 1.29 is 0 Å². The van der Waals surface area contributed by atoms with Crippen LogP contribution in [0.4, 0.5) is 5.69 Å². The zero-order valence-electron chi connectivity index (χ0n) is 12.1. The molecule has 1 N–H and O–H groups in total. The minimum Gasteiger partial charge on any atom is -0.373 e. The molecule has 0 amide bonds. The highest BCUT2D eigenvalue weighted by Crippen LogP contribution is 2.32. The highest BCUT2D eigenvalue weighted by Gasteiger charge is 2.19. The molecule has 2 nitrogen and oxygen atoms in total. The lowest BCUT2D eigenvalue weighted by molar-refractivity contribution is 0.546. The number of halogens is 1. The van der Waals surface area contributed by atoms with E-state index in [9.17, 15) is 0 Å². The van der Waals surface area contributed by atoms with E-state index in [1.165, 1.54) is 36.9 Å². The number of nitrogens with zero attached hydrogens (tertiary/aromatic N) is 1. The topological polar surface area (TPSA) is 15.3 Å². The standard InChI is InChI=1S/C16H25ClN2/c1-3-18-11-14-9-6-10-15(17)16(14)19(2)12-13-7-4-5-8-13/h6,9-10,13,18H,3-5,7-8,11-12H2,1-2H3. The summed E-state index contributed by atoms with van der Waals surface area (Å²) < 4.78 is 0.